The van der Waals surface area contributed by atoms with Crippen LogP contribution in [0.1, 0.15) is 22.7 Å². The van der Waals surface area contributed by atoms with Gasteiger partial charge in [0, 0.05) is 32.5 Å². The van der Waals surface area contributed by atoms with Crippen molar-refractivity contribution in [2.45, 2.75) is 19.2 Å². The monoisotopic (exact) mass is 302 g/mol. The SMILES string of the molecule is CNC(C(=O)NCc1ccc(COC)cc1)c1cnn(C)c1. The Bertz CT molecular complexity index is 607. The Kier molecular flexibility index (Phi) is 5.68. The number of methoxy groups -OCH3 is 1. The lowest BCUT2D eigenvalue weighted by Crippen LogP contribution is -2.35. The number of nitrogens with zero attached hydrogens (tertiary/aromatic N) is 2. The maximum atomic E-state index is 12.3. The van der Waals surface area contributed by atoms with Gasteiger partial charge < -0.3 is 15.4 Å². The molecule has 1 amide bonds. The Balaban J connectivity index is 1.93. The molecule has 0 aliphatic carbocycles. The second-order valence-electron chi connectivity index (χ2n) is 5.14. The van der Waals surface area contributed by atoms with Crippen LogP contribution in [0.15, 0.2) is 36.7 Å². The van der Waals surface area contributed by atoms with E-state index in [1.165, 1.54) is 0 Å². The van der Waals surface area contributed by atoms with Crippen LogP contribution in [0.3, 0.4) is 0 Å². The molecule has 2 aromatic rings. The smallest absolute Gasteiger partial charge is 0.242 e. The number of amides is 1. The number of ether oxygens (including phenoxy) is 1. The van der Waals surface area contributed by atoms with Crippen molar-refractivity contribution in [3.8, 4) is 0 Å². The number of rotatable bonds is 7. The van der Waals surface area contributed by atoms with Crippen LogP contribution >= 0.6 is 0 Å². The molecule has 2 N–H and O–H groups in total. The molecule has 22 heavy (non-hydrogen) atoms. The largest absolute Gasteiger partial charge is 0.380 e. The van der Waals surface area contributed by atoms with Crippen LogP contribution in [-0.2, 0) is 29.7 Å². The quantitative estimate of drug-likeness (QED) is 0.805. The minimum atomic E-state index is -0.401. The van der Waals surface area contributed by atoms with Crippen molar-refractivity contribution in [3.63, 3.8) is 0 Å². The number of benzene rings is 1. The first-order chi connectivity index (χ1) is 10.6. The second-order valence-corrected chi connectivity index (χ2v) is 5.14. The Hall–Kier alpha value is -2.18. The van der Waals surface area contributed by atoms with Gasteiger partial charge in [-0.1, -0.05) is 24.3 Å². The van der Waals surface area contributed by atoms with Crippen LogP contribution in [0, 0.1) is 0 Å². The van der Waals surface area contributed by atoms with Gasteiger partial charge in [-0.15, -0.1) is 0 Å². The van der Waals surface area contributed by atoms with Gasteiger partial charge in [-0.05, 0) is 18.2 Å². The predicted molar refractivity (Wildman–Crippen MR) is 84.0 cm³/mol. The molecule has 6 heteroatoms. The zero-order valence-corrected chi connectivity index (χ0v) is 13.2. The standard InChI is InChI=1S/C16H22N4O2/c1-17-15(14-9-19-20(2)10-14)16(21)18-8-12-4-6-13(7-5-12)11-22-3/h4-7,9-10,15,17H,8,11H2,1-3H3,(H,18,21). The average Bonchev–Trinajstić information content (AvgIpc) is 2.94. The minimum absolute atomic E-state index is 0.0727. The summed E-state index contributed by atoms with van der Waals surface area (Å²) in [5.74, 6) is -0.0727. The molecule has 0 aliphatic rings. The highest BCUT2D eigenvalue weighted by atomic mass is 16.5. The molecule has 1 aromatic carbocycles. The molecule has 1 heterocycles. The van der Waals surface area contributed by atoms with Crippen LogP contribution < -0.4 is 10.6 Å². The van der Waals surface area contributed by atoms with E-state index in [1.807, 2.05) is 37.5 Å². The van der Waals surface area contributed by atoms with Gasteiger partial charge in [-0.2, -0.15) is 5.10 Å². The number of aryl methyl sites for hydroxylation is 1. The lowest BCUT2D eigenvalue weighted by Gasteiger charge is -2.14. The third-order valence-electron chi connectivity index (χ3n) is 3.41. The number of carbonyl (C=O) groups is 1. The molecule has 0 aliphatic heterocycles. The fourth-order valence-electron chi connectivity index (χ4n) is 2.25. The highest BCUT2D eigenvalue weighted by Gasteiger charge is 2.19. The first-order valence-corrected chi connectivity index (χ1v) is 7.14. The van der Waals surface area contributed by atoms with Crippen LogP contribution in [0.2, 0.25) is 0 Å². The van der Waals surface area contributed by atoms with E-state index in [0.717, 1.165) is 16.7 Å². The average molecular weight is 302 g/mol. The van der Waals surface area contributed by atoms with Gasteiger partial charge in [0.1, 0.15) is 6.04 Å². The Morgan fingerprint density at radius 3 is 2.55 bits per heavy atom. The van der Waals surface area contributed by atoms with Crippen molar-refractivity contribution in [2.24, 2.45) is 7.05 Å². The van der Waals surface area contributed by atoms with Crippen molar-refractivity contribution in [1.82, 2.24) is 20.4 Å². The molecule has 1 aromatic heterocycles. The first-order valence-electron chi connectivity index (χ1n) is 7.14. The molecular weight excluding hydrogens is 280 g/mol. The van der Waals surface area contributed by atoms with E-state index in [-0.39, 0.29) is 5.91 Å². The second kappa shape index (κ2) is 7.72. The van der Waals surface area contributed by atoms with Crippen molar-refractivity contribution >= 4 is 5.91 Å². The zero-order valence-electron chi connectivity index (χ0n) is 13.2. The Morgan fingerprint density at radius 2 is 2.00 bits per heavy atom. The van der Waals surface area contributed by atoms with E-state index in [2.05, 4.69) is 15.7 Å². The normalized spacial score (nSPS) is 12.1. The van der Waals surface area contributed by atoms with Gasteiger partial charge in [0.2, 0.25) is 5.91 Å². The van der Waals surface area contributed by atoms with Gasteiger partial charge in [0.05, 0.1) is 12.8 Å². The number of aromatic nitrogens is 2. The third kappa shape index (κ3) is 4.16. The third-order valence-corrected chi connectivity index (χ3v) is 3.41. The molecular formula is C16H22N4O2. The number of nitrogens with one attached hydrogen (secondary N) is 2. The van der Waals surface area contributed by atoms with Crippen LogP contribution in [0.5, 0.6) is 0 Å². The molecule has 0 saturated heterocycles. The molecule has 0 saturated carbocycles. The number of hydrogen-bond acceptors (Lipinski definition) is 4. The minimum Gasteiger partial charge on any atom is -0.380 e. The summed E-state index contributed by atoms with van der Waals surface area (Å²) in [4.78, 5) is 12.3. The summed E-state index contributed by atoms with van der Waals surface area (Å²) in [5.41, 5.74) is 3.01. The van der Waals surface area contributed by atoms with Crippen molar-refractivity contribution in [2.75, 3.05) is 14.2 Å². The molecule has 1 unspecified atom stereocenters. The van der Waals surface area contributed by atoms with Crippen molar-refractivity contribution in [3.05, 3.63) is 53.3 Å². The van der Waals surface area contributed by atoms with E-state index in [4.69, 9.17) is 4.74 Å². The van der Waals surface area contributed by atoms with Gasteiger partial charge in [0.25, 0.3) is 0 Å². The van der Waals surface area contributed by atoms with Gasteiger partial charge >= 0.3 is 0 Å². The van der Waals surface area contributed by atoms with E-state index in [9.17, 15) is 4.79 Å². The summed E-state index contributed by atoms with van der Waals surface area (Å²) in [6.45, 7) is 1.08. The van der Waals surface area contributed by atoms with E-state index >= 15 is 0 Å². The van der Waals surface area contributed by atoms with E-state index in [0.29, 0.717) is 13.2 Å². The summed E-state index contributed by atoms with van der Waals surface area (Å²) >= 11 is 0. The summed E-state index contributed by atoms with van der Waals surface area (Å²) in [6.07, 6.45) is 3.53. The van der Waals surface area contributed by atoms with Crippen LogP contribution in [-0.4, -0.2) is 29.8 Å². The Labute approximate surface area is 130 Å². The highest BCUT2D eigenvalue weighted by molar-refractivity contribution is 5.83. The summed E-state index contributed by atoms with van der Waals surface area (Å²) in [7, 11) is 5.26. The zero-order chi connectivity index (χ0) is 15.9. The van der Waals surface area contributed by atoms with Crippen molar-refractivity contribution < 1.29 is 9.53 Å². The maximum Gasteiger partial charge on any atom is 0.242 e. The summed E-state index contributed by atoms with van der Waals surface area (Å²) in [6, 6.07) is 7.59. The lowest BCUT2D eigenvalue weighted by atomic mass is 10.1. The van der Waals surface area contributed by atoms with Crippen LogP contribution in [0.25, 0.3) is 0 Å². The van der Waals surface area contributed by atoms with Gasteiger partial charge in [0.15, 0.2) is 0 Å². The predicted octanol–water partition coefficient (Wildman–Crippen LogP) is 1.14. The molecule has 6 nitrogen and oxygen atoms in total. The Morgan fingerprint density at radius 1 is 1.32 bits per heavy atom. The number of likely N-dealkylation sites (N-methyl/N-ethyl adjacent to an activating group) is 1. The fraction of sp³-hybridized carbons (Fsp3) is 0.375. The molecule has 2 rings (SSSR count). The molecule has 1 atom stereocenters. The molecule has 0 radical (unpaired) electrons. The molecule has 0 bridgehead atoms. The van der Waals surface area contributed by atoms with Crippen molar-refractivity contribution in [1.29, 1.82) is 0 Å². The summed E-state index contributed by atoms with van der Waals surface area (Å²) in [5, 5.41) is 10.0. The lowest BCUT2D eigenvalue weighted by molar-refractivity contribution is -0.123. The molecule has 0 fully saturated rings. The van der Waals surface area contributed by atoms with E-state index < -0.39 is 6.04 Å². The number of carbonyl (C=O) groups excluding carboxylic acids is 1. The molecule has 0 spiro atoms. The van der Waals surface area contributed by atoms with Gasteiger partial charge in [-0.25, -0.2) is 0 Å². The van der Waals surface area contributed by atoms with Crippen LogP contribution in [0.4, 0.5) is 0 Å². The first kappa shape index (κ1) is 16.2. The topological polar surface area (TPSA) is 68.2 Å². The van der Waals surface area contributed by atoms with E-state index in [1.54, 1.807) is 25.0 Å². The fourth-order valence-corrected chi connectivity index (χ4v) is 2.25. The summed E-state index contributed by atoms with van der Waals surface area (Å²) < 4.78 is 6.76. The molecule has 118 valence electrons. The highest BCUT2D eigenvalue weighted by Crippen LogP contribution is 2.12. The number of hydrogen-bond donors (Lipinski definition) is 2. The van der Waals surface area contributed by atoms with Gasteiger partial charge in [-0.3, -0.25) is 9.48 Å². The maximum absolute atomic E-state index is 12.3.